The lowest BCUT2D eigenvalue weighted by Crippen LogP contribution is -2.01. The molecule has 0 atom stereocenters. The van der Waals surface area contributed by atoms with Crippen LogP contribution in [0.2, 0.25) is 0 Å². The molecule has 0 bridgehead atoms. The number of carbonyl (C=O) groups excluding carboxylic acids is 1. The molecule has 0 aliphatic heterocycles. The number of allylic oxidation sites excluding steroid dienone is 1. The highest BCUT2D eigenvalue weighted by molar-refractivity contribution is 6.09. The molecule has 0 heterocycles. The Morgan fingerprint density at radius 2 is 1.00 bits per heavy atom. The maximum Gasteiger partial charge on any atom is 0.193 e. The predicted octanol–water partition coefficient (Wildman–Crippen LogP) is 7.72. The standard InChI is InChI=1S/C29H24O2/c1-20(2)22-6-10-25(11-7-22)29(30)26-12-8-23(9-13-26)24-14-18-28(19-15-24)31-27-16-4-21(3)5-17-27/h4-19H,1H2,2-3H3. The van der Waals surface area contributed by atoms with Gasteiger partial charge in [0, 0.05) is 11.1 Å². The van der Waals surface area contributed by atoms with Gasteiger partial charge >= 0.3 is 0 Å². The highest BCUT2D eigenvalue weighted by Crippen LogP contribution is 2.27. The molecule has 0 saturated carbocycles. The Hall–Kier alpha value is -3.91. The molecule has 0 fully saturated rings. The van der Waals surface area contributed by atoms with Crippen LogP contribution in [0.1, 0.15) is 34.0 Å². The van der Waals surface area contributed by atoms with Crippen LogP contribution in [0.15, 0.2) is 104 Å². The Morgan fingerprint density at radius 1 is 0.613 bits per heavy atom. The second-order valence-corrected chi connectivity index (χ2v) is 7.70. The van der Waals surface area contributed by atoms with E-state index in [9.17, 15) is 4.79 Å². The molecule has 2 heteroatoms. The first-order valence-corrected chi connectivity index (χ1v) is 10.3. The van der Waals surface area contributed by atoms with E-state index in [0.717, 1.165) is 33.8 Å². The van der Waals surface area contributed by atoms with Crippen molar-refractivity contribution in [1.29, 1.82) is 0 Å². The van der Waals surface area contributed by atoms with E-state index in [2.05, 4.69) is 13.5 Å². The van der Waals surface area contributed by atoms with E-state index in [0.29, 0.717) is 11.1 Å². The normalized spacial score (nSPS) is 10.5. The molecule has 0 spiro atoms. The number of benzene rings is 4. The molecule has 4 aromatic rings. The second-order valence-electron chi connectivity index (χ2n) is 7.70. The highest BCUT2D eigenvalue weighted by Gasteiger charge is 2.10. The van der Waals surface area contributed by atoms with Crippen LogP contribution in [0.4, 0.5) is 0 Å². The molecule has 152 valence electrons. The van der Waals surface area contributed by atoms with Gasteiger partial charge in [0.1, 0.15) is 11.5 Å². The molecule has 0 N–H and O–H groups in total. The van der Waals surface area contributed by atoms with E-state index >= 15 is 0 Å². The van der Waals surface area contributed by atoms with Crippen LogP contribution in [-0.4, -0.2) is 5.78 Å². The maximum atomic E-state index is 12.8. The van der Waals surface area contributed by atoms with Crippen LogP contribution >= 0.6 is 0 Å². The van der Waals surface area contributed by atoms with Crippen LogP contribution in [0.25, 0.3) is 16.7 Å². The van der Waals surface area contributed by atoms with Gasteiger partial charge in [0.05, 0.1) is 0 Å². The van der Waals surface area contributed by atoms with Gasteiger partial charge in [-0.25, -0.2) is 0 Å². The Balaban J connectivity index is 1.46. The van der Waals surface area contributed by atoms with Gasteiger partial charge in [-0.05, 0) is 54.8 Å². The smallest absolute Gasteiger partial charge is 0.193 e. The summed E-state index contributed by atoms with van der Waals surface area (Å²) in [4.78, 5) is 12.8. The van der Waals surface area contributed by atoms with Crippen LogP contribution < -0.4 is 4.74 Å². The van der Waals surface area contributed by atoms with Crippen molar-refractivity contribution in [3.05, 3.63) is 126 Å². The van der Waals surface area contributed by atoms with Crippen molar-refractivity contribution >= 4 is 11.4 Å². The van der Waals surface area contributed by atoms with E-state index in [1.54, 1.807) is 0 Å². The van der Waals surface area contributed by atoms with Crippen molar-refractivity contribution in [3.8, 4) is 22.6 Å². The molecule has 31 heavy (non-hydrogen) atoms. The number of hydrogen-bond acceptors (Lipinski definition) is 2. The zero-order valence-corrected chi connectivity index (χ0v) is 17.8. The monoisotopic (exact) mass is 404 g/mol. The minimum atomic E-state index is 0.0154. The van der Waals surface area contributed by atoms with E-state index in [4.69, 9.17) is 4.74 Å². The Bertz CT molecular complexity index is 1200. The highest BCUT2D eigenvalue weighted by atomic mass is 16.5. The van der Waals surface area contributed by atoms with Crippen molar-refractivity contribution in [2.45, 2.75) is 13.8 Å². The van der Waals surface area contributed by atoms with Crippen LogP contribution in [0.3, 0.4) is 0 Å². The SMILES string of the molecule is C=C(C)c1ccc(C(=O)c2ccc(-c3ccc(Oc4ccc(C)cc4)cc3)cc2)cc1. The maximum absolute atomic E-state index is 12.8. The second kappa shape index (κ2) is 8.85. The minimum absolute atomic E-state index is 0.0154. The molecular weight excluding hydrogens is 380 g/mol. The molecule has 0 aliphatic carbocycles. The largest absolute Gasteiger partial charge is 0.457 e. The lowest BCUT2D eigenvalue weighted by Gasteiger charge is -2.08. The molecule has 0 saturated heterocycles. The molecule has 0 aliphatic rings. The van der Waals surface area contributed by atoms with Crippen molar-refractivity contribution in [3.63, 3.8) is 0 Å². The summed E-state index contributed by atoms with van der Waals surface area (Å²) in [5.74, 6) is 1.62. The summed E-state index contributed by atoms with van der Waals surface area (Å²) in [6.07, 6.45) is 0. The molecule has 4 rings (SSSR count). The van der Waals surface area contributed by atoms with E-state index < -0.39 is 0 Å². The molecule has 0 radical (unpaired) electrons. The zero-order chi connectivity index (χ0) is 21.8. The quantitative estimate of drug-likeness (QED) is 0.308. The average Bonchev–Trinajstić information content (AvgIpc) is 2.81. The fraction of sp³-hybridized carbons (Fsp3) is 0.0690. The van der Waals surface area contributed by atoms with Crippen molar-refractivity contribution in [2.75, 3.05) is 0 Å². The summed E-state index contributed by atoms with van der Waals surface area (Å²) in [5.41, 5.74) is 6.70. The van der Waals surface area contributed by atoms with Crippen LogP contribution in [-0.2, 0) is 0 Å². The summed E-state index contributed by atoms with van der Waals surface area (Å²) in [7, 11) is 0. The van der Waals surface area contributed by atoms with Crippen molar-refractivity contribution in [1.82, 2.24) is 0 Å². The van der Waals surface area contributed by atoms with E-state index in [1.807, 2.05) is 104 Å². The lowest BCUT2D eigenvalue weighted by atomic mass is 9.98. The van der Waals surface area contributed by atoms with Gasteiger partial charge in [0.2, 0.25) is 0 Å². The van der Waals surface area contributed by atoms with Crippen LogP contribution in [0, 0.1) is 6.92 Å². The van der Waals surface area contributed by atoms with Gasteiger partial charge in [-0.2, -0.15) is 0 Å². The van der Waals surface area contributed by atoms with Gasteiger partial charge in [-0.15, -0.1) is 0 Å². The third-order valence-corrected chi connectivity index (χ3v) is 5.23. The third-order valence-electron chi connectivity index (χ3n) is 5.23. The summed E-state index contributed by atoms with van der Waals surface area (Å²) in [6.45, 7) is 7.94. The molecule has 0 unspecified atom stereocenters. The van der Waals surface area contributed by atoms with Crippen LogP contribution in [0.5, 0.6) is 11.5 Å². The van der Waals surface area contributed by atoms with Gasteiger partial charge in [-0.1, -0.05) is 90.5 Å². The molecular formula is C29H24O2. The molecule has 4 aromatic carbocycles. The molecule has 0 amide bonds. The zero-order valence-electron chi connectivity index (χ0n) is 17.8. The first-order chi connectivity index (χ1) is 15.0. The topological polar surface area (TPSA) is 26.3 Å². The van der Waals surface area contributed by atoms with Crippen molar-refractivity contribution < 1.29 is 9.53 Å². The molecule has 0 aromatic heterocycles. The minimum Gasteiger partial charge on any atom is -0.457 e. The first-order valence-electron chi connectivity index (χ1n) is 10.3. The van der Waals surface area contributed by atoms with Crippen molar-refractivity contribution in [2.24, 2.45) is 0 Å². The summed E-state index contributed by atoms with van der Waals surface area (Å²) in [5, 5.41) is 0. The number of carbonyl (C=O) groups is 1. The van der Waals surface area contributed by atoms with Gasteiger partial charge in [0.25, 0.3) is 0 Å². The number of hydrogen-bond donors (Lipinski definition) is 0. The predicted molar refractivity (Wildman–Crippen MR) is 128 cm³/mol. The van der Waals surface area contributed by atoms with Gasteiger partial charge in [0.15, 0.2) is 5.78 Å². The number of ketones is 1. The van der Waals surface area contributed by atoms with Gasteiger partial charge in [-0.3, -0.25) is 4.79 Å². The van der Waals surface area contributed by atoms with Gasteiger partial charge < -0.3 is 4.74 Å². The number of ether oxygens (including phenoxy) is 1. The summed E-state index contributed by atoms with van der Waals surface area (Å²) < 4.78 is 5.90. The Labute approximate surface area is 183 Å². The summed E-state index contributed by atoms with van der Waals surface area (Å²) >= 11 is 0. The number of aryl methyl sites for hydroxylation is 1. The fourth-order valence-electron chi connectivity index (χ4n) is 3.34. The summed E-state index contributed by atoms with van der Waals surface area (Å²) in [6, 6.07) is 31.2. The first kappa shape index (κ1) is 20.4. The fourth-order valence-corrected chi connectivity index (χ4v) is 3.34. The average molecular weight is 405 g/mol. The Morgan fingerprint density at radius 3 is 1.48 bits per heavy atom. The van der Waals surface area contributed by atoms with E-state index in [-0.39, 0.29) is 5.78 Å². The number of rotatable bonds is 6. The third kappa shape index (κ3) is 4.81. The van der Waals surface area contributed by atoms with E-state index in [1.165, 1.54) is 5.56 Å². The Kier molecular flexibility index (Phi) is 5.81. The molecule has 2 nitrogen and oxygen atoms in total. The lowest BCUT2D eigenvalue weighted by molar-refractivity contribution is 0.103.